The van der Waals surface area contributed by atoms with E-state index in [0.29, 0.717) is 17.3 Å². The van der Waals surface area contributed by atoms with Crippen LogP contribution in [0.2, 0.25) is 5.02 Å². The van der Waals surface area contributed by atoms with Crippen molar-refractivity contribution in [2.45, 2.75) is 18.6 Å². The number of carbonyl (C=O) groups is 2. The maximum absolute atomic E-state index is 13.3. The third-order valence-electron chi connectivity index (χ3n) is 4.48. The van der Waals surface area contributed by atoms with Crippen molar-refractivity contribution in [2.24, 2.45) is 0 Å². The first-order valence-electron chi connectivity index (χ1n) is 7.93. The van der Waals surface area contributed by atoms with Crippen molar-refractivity contribution in [3.63, 3.8) is 0 Å². The highest BCUT2D eigenvalue weighted by atomic mass is 35.5. The molecule has 0 unspecified atom stereocenters. The van der Waals surface area contributed by atoms with E-state index in [1.165, 1.54) is 4.90 Å². The van der Waals surface area contributed by atoms with Gasteiger partial charge in [-0.1, -0.05) is 17.7 Å². The molecule has 134 valence electrons. The van der Waals surface area contributed by atoms with E-state index in [0.717, 1.165) is 23.3 Å². The second-order valence-corrected chi connectivity index (χ2v) is 6.66. The summed E-state index contributed by atoms with van der Waals surface area (Å²) in [6, 6.07) is 9.72. The van der Waals surface area contributed by atoms with Gasteiger partial charge in [-0.15, -0.1) is 0 Å². The van der Waals surface area contributed by atoms with Crippen LogP contribution in [0.4, 0.5) is 14.5 Å². The van der Waals surface area contributed by atoms with Gasteiger partial charge in [0.05, 0.1) is 6.54 Å². The lowest BCUT2D eigenvalue weighted by molar-refractivity contribution is -0.298. The van der Waals surface area contributed by atoms with Gasteiger partial charge in [0.2, 0.25) is 0 Å². The Balaban J connectivity index is 1.50. The normalized spacial score (nSPS) is 22.3. The molecule has 2 aliphatic heterocycles. The number of hydrogen-bond donors (Lipinski definition) is 0. The fraction of sp³-hybridized carbons (Fsp3) is 0.222. The molecule has 2 fully saturated rings. The summed E-state index contributed by atoms with van der Waals surface area (Å²) in [6.07, 6.45) is 0.200. The molecule has 4 rings (SSSR count). The summed E-state index contributed by atoms with van der Waals surface area (Å²) in [5.41, 5.74) is -0.738. The summed E-state index contributed by atoms with van der Waals surface area (Å²) in [5, 5.41) is 1.43. The average molecular weight is 379 g/mol. The molecule has 2 saturated heterocycles. The van der Waals surface area contributed by atoms with Crippen LogP contribution in [0.5, 0.6) is 0 Å². The van der Waals surface area contributed by atoms with E-state index in [1.54, 1.807) is 24.3 Å². The summed E-state index contributed by atoms with van der Waals surface area (Å²) in [5.74, 6) is -2.47. The van der Waals surface area contributed by atoms with Crippen LogP contribution in [0.3, 0.4) is 0 Å². The molecule has 1 spiro atoms. The zero-order valence-electron chi connectivity index (χ0n) is 13.4. The number of rotatable bonds is 3. The van der Waals surface area contributed by atoms with Crippen molar-refractivity contribution < 1.29 is 23.2 Å². The summed E-state index contributed by atoms with van der Waals surface area (Å²) in [4.78, 5) is 32.2. The Hall–Kier alpha value is -2.51. The zero-order chi connectivity index (χ0) is 18.5. The van der Waals surface area contributed by atoms with Crippen LogP contribution in [0.15, 0.2) is 42.5 Å². The Morgan fingerprint density at radius 2 is 1.81 bits per heavy atom. The fourth-order valence-electron chi connectivity index (χ4n) is 3.27. The van der Waals surface area contributed by atoms with Crippen molar-refractivity contribution in [1.29, 1.82) is 0 Å². The number of nitrogens with zero attached hydrogens (tertiary/aromatic N) is 2. The number of halogens is 3. The van der Waals surface area contributed by atoms with Crippen LogP contribution in [0, 0.1) is 11.6 Å². The molecule has 2 amide bonds. The predicted molar refractivity (Wildman–Crippen MR) is 89.1 cm³/mol. The van der Waals surface area contributed by atoms with E-state index in [9.17, 15) is 18.4 Å². The van der Waals surface area contributed by atoms with Gasteiger partial charge in [-0.25, -0.2) is 18.7 Å². The molecule has 0 radical (unpaired) electrons. The summed E-state index contributed by atoms with van der Waals surface area (Å²) < 4.78 is 26.5. The van der Waals surface area contributed by atoms with Gasteiger partial charge in [0.15, 0.2) is 0 Å². The van der Waals surface area contributed by atoms with Crippen LogP contribution in [0.25, 0.3) is 0 Å². The number of anilines is 1. The minimum absolute atomic E-state index is 0.139. The molecule has 26 heavy (non-hydrogen) atoms. The Morgan fingerprint density at radius 3 is 2.46 bits per heavy atom. The quantitative estimate of drug-likeness (QED) is 0.771. The molecule has 0 aliphatic carbocycles. The molecule has 5 nitrogen and oxygen atoms in total. The van der Waals surface area contributed by atoms with E-state index < -0.39 is 29.0 Å². The lowest BCUT2D eigenvalue weighted by atomic mass is 9.97. The van der Waals surface area contributed by atoms with Crippen LogP contribution in [0.1, 0.15) is 12.0 Å². The molecule has 0 N–H and O–H groups in total. The highest BCUT2D eigenvalue weighted by Crippen LogP contribution is 2.40. The van der Waals surface area contributed by atoms with E-state index in [-0.39, 0.29) is 18.5 Å². The summed E-state index contributed by atoms with van der Waals surface area (Å²) >= 11 is 5.95. The van der Waals surface area contributed by atoms with Crippen molar-refractivity contribution >= 4 is 29.1 Å². The van der Waals surface area contributed by atoms with Gasteiger partial charge < -0.3 is 4.90 Å². The number of benzene rings is 2. The first-order valence-corrected chi connectivity index (χ1v) is 8.30. The Bertz CT molecular complexity index is 903. The van der Waals surface area contributed by atoms with Crippen molar-refractivity contribution in [3.8, 4) is 0 Å². The predicted octanol–water partition coefficient (Wildman–Crippen LogP) is 3.07. The van der Waals surface area contributed by atoms with Crippen LogP contribution < -0.4 is 4.90 Å². The zero-order valence-corrected chi connectivity index (χ0v) is 14.2. The fourth-order valence-corrected chi connectivity index (χ4v) is 3.46. The highest BCUT2D eigenvalue weighted by molar-refractivity contribution is 6.31. The molecule has 0 aromatic heterocycles. The summed E-state index contributed by atoms with van der Waals surface area (Å²) in [6.45, 7) is 0.174. The molecule has 8 heteroatoms. The van der Waals surface area contributed by atoms with Crippen LogP contribution in [-0.2, 0) is 21.0 Å². The summed E-state index contributed by atoms with van der Waals surface area (Å²) in [7, 11) is 0. The van der Waals surface area contributed by atoms with E-state index in [4.69, 9.17) is 16.4 Å². The third kappa shape index (κ3) is 2.64. The van der Waals surface area contributed by atoms with E-state index in [2.05, 4.69) is 0 Å². The molecule has 0 bridgehead atoms. The molecule has 2 aliphatic rings. The van der Waals surface area contributed by atoms with Gasteiger partial charge in [-0.05, 0) is 35.9 Å². The maximum atomic E-state index is 13.3. The van der Waals surface area contributed by atoms with Crippen molar-refractivity contribution in [2.75, 3.05) is 11.4 Å². The average Bonchev–Trinajstić information content (AvgIpc) is 2.93. The smallest absolute Gasteiger partial charge is 0.291 e. The van der Waals surface area contributed by atoms with Gasteiger partial charge in [0.25, 0.3) is 17.4 Å². The van der Waals surface area contributed by atoms with Gasteiger partial charge in [-0.2, -0.15) is 0 Å². The molecule has 0 saturated carbocycles. The molecular weight excluding hydrogens is 366 g/mol. The standard InChI is InChI=1S/C18H13ClF2N2O3/c19-12-2-1-3-15(8-12)22-5-4-18(16(22)24)17(25)23(26-18)10-11-6-13(20)9-14(21)7-11/h1-3,6-9H,4-5,10H2/t18-/m1/s1. The third-order valence-corrected chi connectivity index (χ3v) is 4.72. The second kappa shape index (κ2) is 6.03. The minimum atomic E-state index is -1.56. The first kappa shape index (κ1) is 16.9. The van der Waals surface area contributed by atoms with Crippen molar-refractivity contribution in [3.05, 3.63) is 64.7 Å². The van der Waals surface area contributed by atoms with Gasteiger partial charge >= 0.3 is 0 Å². The molecular formula is C18H13ClF2N2O3. The molecule has 2 aromatic carbocycles. The maximum Gasteiger partial charge on any atom is 0.291 e. The van der Waals surface area contributed by atoms with Crippen LogP contribution in [-0.4, -0.2) is 29.0 Å². The largest absolute Gasteiger partial charge is 0.309 e. The number of carbonyl (C=O) groups excluding carboxylic acids is 2. The molecule has 1 atom stereocenters. The first-order chi connectivity index (χ1) is 12.4. The SMILES string of the molecule is O=C1N(Cc2cc(F)cc(F)c2)O[C@@]12CCN(c1cccc(Cl)c1)C2=O. The Morgan fingerprint density at radius 1 is 1.08 bits per heavy atom. The minimum Gasteiger partial charge on any atom is -0.309 e. The number of hydroxylamine groups is 2. The lowest BCUT2D eigenvalue weighted by Gasteiger charge is -2.43. The second-order valence-electron chi connectivity index (χ2n) is 6.22. The Kier molecular flexibility index (Phi) is 3.93. The monoisotopic (exact) mass is 378 g/mol. The molecule has 2 heterocycles. The molecule has 2 aromatic rings. The van der Waals surface area contributed by atoms with E-state index >= 15 is 0 Å². The van der Waals surface area contributed by atoms with E-state index in [1.807, 2.05) is 0 Å². The topological polar surface area (TPSA) is 49.9 Å². The highest BCUT2D eigenvalue weighted by Gasteiger charge is 2.64. The van der Waals surface area contributed by atoms with Crippen LogP contribution >= 0.6 is 11.6 Å². The van der Waals surface area contributed by atoms with Gasteiger partial charge in [0.1, 0.15) is 11.6 Å². The lowest BCUT2D eigenvalue weighted by Crippen LogP contribution is -2.67. The van der Waals surface area contributed by atoms with Gasteiger partial charge in [-0.3, -0.25) is 9.59 Å². The van der Waals surface area contributed by atoms with Gasteiger partial charge in [0, 0.05) is 29.7 Å². The van der Waals surface area contributed by atoms with Crippen molar-refractivity contribution in [1.82, 2.24) is 5.06 Å². The number of amides is 2. The number of hydrogen-bond acceptors (Lipinski definition) is 3. The Labute approximate surface area is 152 Å².